The molecule has 0 saturated heterocycles. The zero-order chi connectivity index (χ0) is 11.3. The van der Waals surface area contributed by atoms with Crippen LogP contribution in [0.15, 0.2) is 4.52 Å². The second kappa shape index (κ2) is 5.51. The standard InChI is InChI=1S/C10H19N3OS/c1-4-6-15-7-8-12-9(14-13-8)10(3,11)5-2/h4-7,11H2,1-3H3. The molecule has 1 aromatic rings. The first kappa shape index (κ1) is 12.5. The van der Waals surface area contributed by atoms with E-state index >= 15 is 0 Å². The molecule has 5 heteroatoms. The highest BCUT2D eigenvalue weighted by Gasteiger charge is 2.25. The molecule has 0 fully saturated rings. The predicted octanol–water partition coefficient (Wildman–Crippen LogP) is 2.30. The van der Waals surface area contributed by atoms with E-state index < -0.39 is 5.54 Å². The van der Waals surface area contributed by atoms with Crippen LogP contribution >= 0.6 is 11.8 Å². The Morgan fingerprint density at radius 1 is 1.47 bits per heavy atom. The van der Waals surface area contributed by atoms with Crippen LogP contribution in [0.25, 0.3) is 0 Å². The maximum atomic E-state index is 6.00. The Labute approximate surface area is 95.0 Å². The van der Waals surface area contributed by atoms with E-state index in [1.807, 2.05) is 25.6 Å². The van der Waals surface area contributed by atoms with Crippen LogP contribution in [0, 0.1) is 0 Å². The van der Waals surface area contributed by atoms with Gasteiger partial charge in [0.1, 0.15) is 0 Å². The van der Waals surface area contributed by atoms with E-state index in [9.17, 15) is 0 Å². The van der Waals surface area contributed by atoms with Crippen molar-refractivity contribution in [1.82, 2.24) is 10.1 Å². The van der Waals surface area contributed by atoms with Crippen LogP contribution in [-0.2, 0) is 11.3 Å². The molecule has 1 rings (SSSR count). The van der Waals surface area contributed by atoms with Crippen molar-refractivity contribution in [1.29, 1.82) is 0 Å². The van der Waals surface area contributed by atoms with E-state index in [0.717, 1.165) is 23.8 Å². The van der Waals surface area contributed by atoms with E-state index in [1.54, 1.807) is 0 Å². The fourth-order valence-corrected chi connectivity index (χ4v) is 1.74. The van der Waals surface area contributed by atoms with E-state index in [0.29, 0.717) is 5.89 Å². The average Bonchev–Trinajstić information content (AvgIpc) is 2.68. The van der Waals surface area contributed by atoms with Gasteiger partial charge < -0.3 is 10.3 Å². The van der Waals surface area contributed by atoms with Crippen LogP contribution in [0.4, 0.5) is 0 Å². The summed E-state index contributed by atoms with van der Waals surface area (Å²) in [6, 6.07) is 0. The molecule has 0 aliphatic rings. The van der Waals surface area contributed by atoms with Crippen LogP contribution in [-0.4, -0.2) is 15.9 Å². The zero-order valence-corrected chi connectivity index (χ0v) is 10.4. The summed E-state index contributed by atoms with van der Waals surface area (Å²) < 4.78 is 5.15. The lowest BCUT2D eigenvalue weighted by Crippen LogP contribution is -2.32. The first-order valence-corrected chi connectivity index (χ1v) is 6.45. The first-order chi connectivity index (χ1) is 7.10. The molecular weight excluding hydrogens is 210 g/mol. The summed E-state index contributed by atoms with van der Waals surface area (Å²) in [5, 5.41) is 3.92. The zero-order valence-electron chi connectivity index (χ0n) is 9.62. The van der Waals surface area contributed by atoms with Gasteiger partial charge in [0.2, 0.25) is 5.89 Å². The Bertz CT molecular complexity index is 299. The summed E-state index contributed by atoms with van der Waals surface area (Å²) in [7, 11) is 0. The summed E-state index contributed by atoms with van der Waals surface area (Å²) in [5.74, 6) is 3.21. The molecule has 4 nitrogen and oxygen atoms in total. The van der Waals surface area contributed by atoms with E-state index in [1.165, 1.54) is 6.42 Å². The predicted molar refractivity (Wildman–Crippen MR) is 62.6 cm³/mol. The Hall–Kier alpha value is -0.550. The van der Waals surface area contributed by atoms with Gasteiger partial charge in [-0.25, -0.2) is 0 Å². The number of rotatable bonds is 6. The van der Waals surface area contributed by atoms with Gasteiger partial charge in [0, 0.05) is 0 Å². The van der Waals surface area contributed by atoms with Crippen molar-refractivity contribution in [3.63, 3.8) is 0 Å². The average molecular weight is 229 g/mol. The van der Waals surface area contributed by atoms with Crippen LogP contribution < -0.4 is 5.73 Å². The molecule has 0 amide bonds. The van der Waals surface area contributed by atoms with Gasteiger partial charge in [-0.3, -0.25) is 0 Å². The summed E-state index contributed by atoms with van der Waals surface area (Å²) >= 11 is 1.81. The van der Waals surface area contributed by atoms with E-state index in [4.69, 9.17) is 10.3 Å². The van der Waals surface area contributed by atoms with Crippen molar-refractivity contribution >= 4 is 11.8 Å². The SMILES string of the molecule is CCCSCc1noc(C(C)(N)CC)n1. The second-order valence-electron chi connectivity index (χ2n) is 3.84. The normalized spacial score (nSPS) is 15.2. The third kappa shape index (κ3) is 3.50. The van der Waals surface area contributed by atoms with Gasteiger partial charge in [0.15, 0.2) is 5.82 Å². The molecule has 1 heterocycles. The van der Waals surface area contributed by atoms with Gasteiger partial charge in [-0.05, 0) is 25.5 Å². The lowest BCUT2D eigenvalue weighted by molar-refractivity contribution is 0.290. The Balaban J connectivity index is 2.56. The minimum Gasteiger partial charge on any atom is -0.337 e. The van der Waals surface area contributed by atoms with Crippen molar-refractivity contribution in [3.05, 3.63) is 11.7 Å². The molecule has 1 atom stereocenters. The minimum absolute atomic E-state index is 0.499. The van der Waals surface area contributed by atoms with Crippen molar-refractivity contribution in [3.8, 4) is 0 Å². The fourth-order valence-electron chi connectivity index (χ4n) is 1.00. The third-order valence-corrected chi connectivity index (χ3v) is 3.43. The summed E-state index contributed by atoms with van der Waals surface area (Å²) in [6.45, 7) is 6.07. The quantitative estimate of drug-likeness (QED) is 0.758. The fraction of sp³-hybridized carbons (Fsp3) is 0.800. The molecule has 1 aromatic heterocycles. The lowest BCUT2D eigenvalue weighted by Gasteiger charge is -2.16. The van der Waals surface area contributed by atoms with Crippen LogP contribution in [0.1, 0.15) is 45.3 Å². The van der Waals surface area contributed by atoms with E-state index in [-0.39, 0.29) is 0 Å². The highest BCUT2D eigenvalue weighted by molar-refractivity contribution is 7.98. The number of hydrogen-bond donors (Lipinski definition) is 1. The van der Waals surface area contributed by atoms with Crippen LogP contribution in [0.5, 0.6) is 0 Å². The number of hydrogen-bond acceptors (Lipinski definition) is 5. The van der Waals surface area contributed by atoms with Crippen molar-refractivity contribution in [2.24, 2.45) is 5.73 Å². The first-order valence-electron chi connectivity index (χ1n) is 5.29. The number of aromatic nitrogens is 2. The lowest BCUT2D eigenvalue weighted by atomic mass is 10.0. The Kier molecular flexibility index (Phi) is 4.60. The topological polar surface area (TPSA) is 64.9 Å². The molecule has 0 bridgehead atoms. The van der Waals surface area contributed by atoms with Gasteiger partial charge in [-0.2, -0.15) is 16.7 Å². The van der Waals surface area contributed by atoms with Crippen LogP contribution in [0.2, 0.25) is 0 Å². The Morgan fingerprint density at radius 3 is 2.80 bits per heavy atom. The highest BCUT2D eigenvalue weighted by atomic mass is 32.2. The van der Waals surface area contributed by atoms with Crippen LogP contribution in [0.3, 0.4) is 0 Å². The minimum atomic E-state index is -0.499. The van der Waals surface area contributed by atoms with Gasteiger partial charge in [-0.1, -0.05) is 19.0 Å². The molecule has 0 aliphatic heterocycles. The largest absolute Gasteiger partial charge is 0.337 e. The Morgan fingerprint density at radius 2 is 2.20 bits per heavy atom. The number of thioether (sulfide) groups is 1. The van der Waals surface area contributed by atoms with Gasteiger partial charge in [0.05, 0.1) is 11.3 Å². The molecule has 0 saturated carbocycles. The number of nitrogens with zero attached hydrogens (tertiary/aromatic N) is 2. The molecule has 2 N–H and O–H groups in total. The number of nitrogens with two attached hydrogens (primary N) is 1. The molecule has 86 valence electrons. The van der Waals surface area contributed by atoms with E-state index in [2.05, 4.69) is 17.1 Å². The van der Waals surface area contributed by atoms with Gasteiger partial charge >= 0.3 is 0 Å². The van der Waals surface area contributed by atoms with Gasteiger partial charge in [-0.15, -0.1) is 0 Å². The summed E-state index contributed by atoms with van der Waals surface area (Å²) in [5.41, 5.74) is 5.50. The maximum absolute atomic E-state index is 6.00. The second-order valence-corrected chi connectivity index (χ2v) is 4.94. The highest BCUT2D eigenvalue weighted by Crippen LogP contribution is 2.20. The summed E-state index contributed by atoms with van der Waals surface area (Å²) in [4.78, 5) is 4.30. The molecule has 0 spiro atoms. The molecule has 0 radical (unpaired) electrons. The monoisotopic (exact) mass is 229 g/mol. The maximum Gasteiger partial charge on any atom is 0.246 e. The van der Waals surface area contributed by atoms with Gasteiger partial charge in [0.25, 0.3) is 0 Å². The molecular formula is C10H19N3OS. The molecule has 15 heavy (non-hydrogen) atoms. The molecule has 1 unspecified atom stereocenters. The van der Waals surface area contributed by atoms with Crippen molar-refractivity contribution in [2.45, 2.75) is 44.9 Å². The van der Waals surface area contributed by atoms with Crippen molar-refractivity contribution < 1.29 is 4.52 Å². The summed E-state index contributed by atoms with van der Waals surface area (Å²) in [6.07, 6.45) is 1.95. The molecule has 0 aliphatic carbocycles. The molecule has 0 aromatic carbocycles. The van der Waals surface area contributed by atoms with Crippen molar-refractivity contribution in [2.75, 3.05) is 5.75 Å². The third-order valence-electron chi connectivity index (χ3n) is 2.27. The smallest absolute Gasteiger partial charge is 0.246 e.